The number of carbonyl (C=O) groups excluding carboxylic acids is 1. The second kappa shape index (κ2) is 13.8. The molecule has 0 spiro atoms. The number of hydrogen-bond acceptors (Lipinski definition) is 2. The lowest BCUT2D eigenvalue weighted by molar-refractivity contribution is 0.0956. The maximum atomic E-state index is 11.8. The molecule has 0 aromatic heterocycles. The Morgan fingerprint density at radius 3 is 2.33 bits per heavy atom. The summed E-state index contributed by atoms with van der Waals surface area (Å²) in [4.78, 5) is 16.4. The first-order chi connectivity index (χ1) is 12.7. The predicted octanol–water partition coefficient (Wildman–Crippen LogP) is 4.08. The summed E-state index contributed by atoms with van der Waals surface area (Å²) in [6, 6.07) is 7.66. The van der Waals surface area contributed by atoms with Crippen LogP contribution in [0.2, 0.25) is 0 Å². The normalized spacial score (nSPS) is 14.5. The molecule has 0 bridgehead atoms. The number of rotatable bonds is 9. The third-order valence-corrected chi connectivity index (χ3v) is 4.87. The molecule has 0 atom stereocenters. The zero-order chi connectivity index (χ0) is 18.6. The number of nitrogens with zero attached hydrogens (tertiary/aromatic N) is 1. The molecule has 0 aliphatic heterocycles. The minimum absolute atomic E-state index is 0. The quantitative estimate of drug-likeness (QED) is 0.213. The molecule has 2 rings (SSSR count). The van der Waals surface area contributed by atoms with Gasteiger partial charge in [-0.2, -0.15) is 0 Å². The van der Waals surface area contributed by atoms with Gasteiger partial charge in [-0.25, -0.2) is 4.99 Å². The number of nitrogens with one attached hydrogen (secondary N) is 3. The van der Waals surface area contributed by atoms with Crippen molar-refractivity contribution < 1.29 is 4.79 Å². The van der Waals surface area contributed by atoms with Crippen LogP contribution in [0.1, 0.15) is 68.3 Å². The van der Waals surface area contributed by atoms with Gasteiger partial charge in [-0.3, -0.25) is 4.79 Å². The average Bonchev–Trinajstić information content (AvgIpc) is 3.17. The second-order valence-electron chi connectivity index (χ2n) is 6.97. The van der Waals surface area contributed by atoms with E-state index in [9.17, 15) is 4.79 Å². The molecule has 152 valence electrons. The monoisotopic (exact) mass is 486 g/mol. The Morgan fingerprint density at radius 2 is 1.70 bits per heavy atom. The van der Waals surface area contributed by atoms with Crippen LogP contribution in [0.25, 0.3) is 0 Å². The number of amides is 1. The maximum Gasteiger partial charge on any atom is 0.251 e. The fraction of sp³-hybridized carbons (Fsp3) is 0.619. The molecule has 6 heteroatoms. The van der Waals surface area contributed by atoms with Crippen LogP contribution in [0.15, 0.2) is 29.3 Å². The van der Waals surface area contributed by atoms with E-state index in [0.717, 1.165) is 30.5 Å². The molecule has 1 saturated carbocycles. The van der Waals surface area contributed by atoms with Gasteiger partial charge in [-0.1, -0.05) is 37.8 Å². The fourth-order valence-electron chi connectivity index (χ4n) is 3.43. The van der Waals surface area contributed by atoms with Gasteiger partial charge in [-0.15, -0.1) is 24.0 Å². The fourth-order valence-corrected chi connectivity index (χ4v) is 3.43. The lowest BCUT2D eigenvalue weighted by atomic mass is 10.0. The molecular formula is C21H35IN4O. The Morgan fingerprint density at radius 1 is 1.04 bits per heavy atom. The smallest absolute Gasteiger partial charge is 0.251 e. The van der Waals surface area contributed by atoms with Crippen LogP contribution in [0.4, 0.5) is 0 Å². The summed E-state index contributed by atoms with van der Waals surface area (Å²) in [6.07, 6.45) is 8.20. The number of halogens is 1. The molecule has 3 N–H and O–H groups in total. The molecule has 1 fully saturated rings. The Balaban J connectivity index is 0.00000364. The molecule has 5 nitrogen and oxygen atoms in total. The molecule has 1 amide bonds. The van der Waals surface area contributed by atoms with Crippen molar-refractivity contribution in [3.8, 4) is 0 Å². The van der Waals surface area contributed by atoms with Gasteiger partial charge in [0, 0.05) is 25.2 Å². The molecule has 0 heterocycles. The van der Waals surface area contributed by atoms with Crippen molar-refractivity contribution in [2.24, 2.45) is 10.9 Å². The summed E-state index contributed by atoms with van der Waals surface area (Å²) < 4.78 is 0. The van der Waals surface area contributed by atoms with Crippen molar-refractivity contribution in [1.82, 2.24) is 16.0 Å². The largest absolute Gasteiger partial charge is 0.357 e. The van der Waals surface area contributed by atoms with Gasteiger partial charge in [0.15, 0.2) is 5.96 Å². The molecule has 0 unspecified atom stereocenters. The Labute approximate surface area is 181 Å². The summed E-state index contributed by atoms with van der Waals surface area (Å²) in [5, 5.41) is 9.55. The highest BCUT2D eigenvalue weighted by molar-refractivity contribution is 14.0. The zero-order valence-electron chi connectivity index (χ0n) is 16.7. The molecule has 1 aliphatic rings. The van der Waals surface area contributed by atoms with Crippen molar-refractivity contribution in [2.75, 3.05) is 19.6 Å². The first kappa shape index (κ1) is 23.7. The lowest BCUT2D eigenvalue weighted by Gasteiger charge is -2.13. The van der Waals surface area contributed by atoms with Gasteiger partial charge >= 0.3 is 0 Å². The Kier molecular flexibility index (Phi) is 12.1. The van der Waals surface area contributed by atoms with Crippen LogP contribution in [-0.2, 0) is 6.54 Å². The predicted molar refractivity (Wildman–Crippen MR) is 124 cm³/mol. The van der Waals surface area contributed by atoms with Crippen molar-refractivity contribution in [1.29, 1.82) is 0 Å². The van der Waals surface area contributed by atoms with Crippen LogP contribution >= 0.6 is 24.0 Å². The molecule has 0 radical (unpaired) electrons. The van der Waals surface area contributed by atoms with E-state index in [1.807, 2.05) is 31.2 Å². The van der Waals surface area contributed by atoms with Gasteiger partial charge in [0.2, 0.25) is 0 Å². The van der Waals surface area contributed by atoms with Crippen molar-refractivity contribution in [3.63, 3.8) is 0 Å². The SMILES string of the molecule is CCNC(=O)c1ccc(CN=C(NCC)NCCCC2CCCC2)cc1.I. The van der Waals surface area contributed by atoms with E-state index in [2.05, 4.69) is 27.9 Å². The minimum atomic E-state index is -0.0279. The van der Waals surface area contributed by atoms with Crippen LogP contribution in [0, 0.1) is 5.92 Å². The highest BCUT2D eigenvalue weighted by Crippen LogP contribution is 2.28. The molecule has 1 aromatic carbocycles. The van der Waals surface area contributed by atoms with Crippen LogP contribution < -0.4 is 16.0 Å². The van der Waals surface area contributed by atoms with E-state index in [0.29, 0.717) is 18.7 Å². The second-order valence-corrected chi connectivity index (χ2v) is 6.97. The highest BCUT2D eigenvalue weighted by atomic mass is 127. The summed E-state index contributed by atoms with van der Waals surface area (Å²) in [5.41, 5.74) is 1.79. The third-order valence-electron chi connectivity index (χ3n) is 4.87. The van der Waals surface area contributed by atoms with E-state index in [4.69, 9.17) is 0 Å². The highest BCUT2D eigenvalue weighted by Gasteiger charge is 2.14. The summed E-state index contributed by atoms with van der Waals surface area (Å²) in [6.45, 7) is 7.07. The van der Waals surface area contributed by atoms with E-state index < -0.39 is 0 Å². The van der Waals surface area contributed by atoms with Gasteiger partial charge in [-0.05, 0) is 50.3 Å². The first-order valence-electron chi connectivity index (χ1n) is 10.1. The van der Waals surface area contributed by atoms with Gasteiger partial charge in [0.1, 0.15) is 0 Å². The van der Waals surface area contributed by atoms with Crippen LogP contribution in [0.3, 0.4) is 0 Å². The average molecular weight is 486 g/mol. The van der Waals surface area contributed by atoms with Gasteiger partial charge < -0.3 is 16.0 Å². The number of aliphatic imine (C=N–C) groups is 1. The summed E-state index contributed by atoms with van der Waals surface area (Å²) >= 11 is 0. The Bertz CT molecular complexity index is 568. The van der Waals surface area contributed by atoms with Crippen molar-refractivity contribution in [3.05, 3.63) is 35.4 Å². The standard InChI is InChI=1S/C21H34N4O.HI/c1-3-22-20(26)19-13-11-18(12-14-19)16-25-21(23-4-2)24-15-7-10-17-8-5-6-9-17;/h11-14,17H,3-10,15-16H2,1-2H3,(H,22,26)(H2,23,24,25);1H. The van der Waals surface area contributed by atoms with E-state index >= 15 is 0 Å². The van der Waals surface area contributed by atoms with E-state index in [1.165, 1.54) is 38.5 Å². The van der Waals surface area contributed by atoms with Gasteiger partial charge in [0.25, 0.3) is 5.91 Å². The number of benzene rings is 1. The van der Waals surface area contributed by atoms with Crippen LogP contribution in [-0.4, -0.2) is 31.5 Å². The van der Waals surface area contributed by atoms with E-state index in [-0.39, 0.29) is 29.9 Å². The maximum absolute atomic E-state index is 11.8. The van der Waals surface area contributed by atoms with Crippen molar-refractivity contribution in [2.45, 2.75) is 58.9 Å². The number of hydrogen-bond donors (Lipinski definition) is 3. The third kappa shape index (κ3) is 8.95. The molecule has 1 aliphatic carbocycles. The summed E-state index contributed by atoms with van der Waals surface area (Å²) in [7, 11) is 0. The molecular weight excluding hydrogens is 451 g/mol. The van der Waals surface area contributed by atoms with Crippen molar-refractivity contribution >= 4 is 35.8 Å². The van der Waals surface area contributed by atoms with Crippen LogP contribution in [0.5, 0.6) is 0 Å². The first-order valence-corrected chi connectivity index (χ1v) is 10.1. The number of guanidine groups is 1. The zero-order valence-corrected chi connectivity index (χ0v) is 19.1. The van der Waals surface area contributed by atoms with E-state index in [1.54, 1.807) is 0 Å². The molecule has 27 heavy (non-hydrogen) atoms. The molecule has 0 saturated heterocycles. The summed E-state index contributed by atoms with van der Waals surface area (Å²) in [5.74, 6) is 1.78. The number of carbonyl (C=O) groups is 1. The minimum Gasteiger partial charge on any atom is -0.357 e. The molecule has 1 aromatic rings. The van der Waals surface area contributed by atoms with Gasteiger partial charge in [0.05, 0.1) is 6.54 Å². The topological polar surface area (TPSA) is 65.5 Å². The lowest BCUT2D eigenvalue weighted by Crippen LogP contribution is -2.37. The Hall–Kier alpha value is -1.31.